The maximum atomic E-state index is 13.4. The number of hydrogen-bond donors (Lipinski definition) is 0. The smallest absolute Gasteiger partial charge is 0.134 e. The summed E-state index contributed by atoms with van der Waals surface area (Å²) < 4.78 is 19.1. The Bertz CT molecular complexity index is 381. The molecule has 0 atom stereocenters. The molecule has 0 N–H and O–H groups in total. The summed E-state index contributed by atoms with van der Waals surface area (Å²) in [5.74, 6) is 0.858. The molecule has 1 aromatic rings. The molecule has 0 saturated heterocycles. The number of halogens is 1. The van der Waals surface area contributed by atoms with Crippen LogP contribution in [0.1, 0.15) is 37.7 Å². The molecule has 1 aromatic carbocycles. The van der Waals surface area contributed by atoms with Gasteiger partial charge in [0.1, 0.15) is 11.6 Å². The van der Waals surface area contributed by atoms with Gasteiger partial charge in [-0.15, -0.1) is 0 Å². The Balaban J connectivity index is 1.98. The van der Waals surface area contributed by atoms with Crippen molar-refractivity contribution in [2.24, 2.45) is 5.92 Å². The fraction of sp³-hybridized carbons (Fsp3) is 0.467. The number of rotatable bonds is 4. The molecule has 0 amide bonds. The summed E-state index contributed by atoms with van der Waals surface area (Å²) in [6.45, 7) is 4.18. The normalized spacial score (nSPS) is 16.8. The third kappa shape index (κ3) is 3.09. The van der Waals surface area contributed by atoms with E-state index in [0.29, 0.717) is 23.8 Å². The van der Waals surface area contributed by atoms with Gasteiger partial charge in [0.25, 0.3) is 0 Å². The SMILES string of the molecule is C=[C]c1c(F)cccc1OCC1CCCCC1. The molecule has 0 aromatic heterocycles. The molecule has 0 heterocycles. The molecular weight excluding hydrogens is 215 g/mol. The van der Waals surface area contributed by atoms with Gasteiger partial charge in [-0.1, -0.05) is 31.9 Å². The fourth-order valence-corrected chi connectivity index (χ4v) is 2.36. The minimum Gasteiger partial charge on any atom is -0.493 e. The second-order valence-corrected chi connectivity index (χ2v) is 4.60. The highest BCUT2D eigenvalue weighted by molar-refractivity contribution is 5.38. The minimum atomic E-state index is -0.318. The summed E-state index contributed by atoms with van der Waals surface area (Å²) in [4.78, 5) is 0. The van der Waals surface area contributed by atoms with Gasteiger partial charge >= 0.3 is 0 Å². The lowest BCUT2D eigenvalue weighted by Crippen LogP contribution is -2.15. The van der Waals surface area contributed by atoms with Crippen LogP contribution in [0.25, 0.3) is 0 Å². The molecule has 1 nitrogen and oxygen atoms in total. The molecule has 91 valence electrons. The largest absolute Gasteiger partial charge is 0.493 e. The molecule has 1 radical (unpaired) electrons. The van der Waals surface area contributed by atoms with Crippen LogP contribution in [0.2, 0.25) is 0 Å². The monoisotopic (exact) mass is 233 g/mol. The van der Waals surface area contributed by atoms with Crippen LogP contribution < -0.4 is 4.74 Å². The maximum Gasteiger partial charge on any atom is 0.134 e. The van der Waals surface area contributed by atoms with E-state index in [9.17, 15) is 4.39 Å². The predicted molar refractivity (Wildman–Crippen MR) is 66.4 cm³/mol. The van der Waals surface area contributed by atoms with E-state index in [1.807, 2.05) is 0 Å². The Kier molecular flexibility index (Phi) is 4.18. The lowest BCUT2D eigenvalue weighted by Gasteiger charge is -2.22. The van der Waals surface area contributed by atoms with Crippen LogP contribution in [-0.2, 0) is 0 Å². The third-order valence-corrected chi connectivity index (χ3v) is 3.35. The zero-order chi connectivity index (χ0) is 12.1. The van der Waals surface area contributed by atoms with E-state index < -0.39 is 0 Å². The van der Waals surface area contributed by atoms with Crippen LogP contribution in [0, 0.1) is 17.8 Å². The first-order valence-electron chi connectivity index (χ1n) is 6.25. The molecule has 1 aliphatic carbocycles. The number of hydrogen-bond acceptors (Lipinski definition) is 1. The van der Waals surface area contributed by atoms with Gasteiger partial charge in [-0.2, -0.15) is 0 Å². The molecule has 0 aliphatic heterocycles. The Morgan fingerprint density at radius 1 is 1.29 bits per heavy atom. The molecule has 2 rings (SSSR count). The number of ether oxygens (including phenoxy) is 1. The van der Waals surface area contributed by atoms with E-state index >= 15 is 0 Å². The predicted octanol–water partition coefficient (Wildman–Crippen LogP) is 4.12. The van der Waals surface area contributed by atoms with Crippen LogP contribution in [0.4, 0.5) is 4.39 Å². The van der Waals surface area contributed by atoms with Gasteiger partial charge in [0.2, 0.25) is 0 Å². The second kappa shape index (κ2) is 5.85. The van der Waals surface area contributed by atoms with Crippen molar-refractivity contribution in [3.8, 4) is 5.75 Å². The quantitative estimate of drug-likeness (QED) is 0.760. The Labute approximate surface area is 102 Å². The molecule has 17 heavy (non-hydrogen) atoms. The van der Waals surface area contributed by atoms with Gasteiger partial charge in [0.15, 0.2) is 0 Å². The topological polar surface area (TPSA) is 9.23 Å². The van der Waals surface area contributed by atoms with E-state index in [1.54, 1.807) is 12.1 Å². The molecule has 1 fully saturated rings. The number of benzene rings is 1. The second-order valence-electron chi connectivity index (χ2n) is 4.60. The third-order valence-electron chi connectivity index (χ3n) is 3.35. The zero-order valence-electron chi connectivity index (χ0n) is 10.0. The van der Waals surface area contributed by atoms with Crippen molar-refractivity contribution < 1.29 is 9.13 Å². The van der Waals surface area contributed by atoms with Crippen molar-refractivity contribution in [2.45, 2.75) is 32.1 Å². The highest BCUT2D eigenvalue weighted by Crippen LogP contribution is 2.26. The summed E-state index contributed by atoms with van der Waals surface area (Å²) in [6.07, 6.45) is 8.96. The van der Waals surface area contributed by atoms with Gasteiger partial charge < -0.3 is 4.74 Å². The van der Waals surface area contributed by atoms with Gasteiger partial charge in [-0.3, -0.25) is 0 Å². The molecule has 1 saturated carbocycles. The Hall–Kier alpha value is -1.31. The van der Waals surface area contributed by atoms with Crippen molar-refractivity contribution in [3.63, 3.8) is 0 Å². The Morgan fingerprint density at radius 2 is 2.06 bits per heavy atom. The van der Waals surface area contributed by atoms with Crippen molar-refractivity contribution in [3.05, 3.63) is 42.2 Å². The summed E-state index contributed by atoms with van der Waals surface area (Å²) in [5, 5.41) is 0. The van der Waals surface area contributed by atoms with E-state index in [1.165, 1.54) is 38.2 Å². The molecule has 2 heteroatoms. The molecular formula is C15H18FO. The zero-order valence-corrected chi connectivity index (χ0v) is 10.0. The van der Waals surface area contributed by atoms with Crippen molar-refractivity contribution in [2.75, 3.05) is 6.61 Å². The highest BCUT2D eigenvalue weighted by atomic mass is 19.1. The first kappa shape index (κ1) is 12.2. The average Bonchev–Trinajstić information content (AvgIpc) is 2.37. The van der Waals surface area contributed by atoms with Crippen molar-refractivity contribution in [1.29, 1.82) is 0 Å². The van der Waals surface area contributed by atoms with Crippen molar-refractivity contribution in [1.82, 2.24) is 0 Å². The fourth-order valence-electron chi connectivity index (χ4n) is 2.36. The summed E-state index contributed by atoms with van der Waals surface area (Å²) in [5.41, 5.74) is 0.350. The van der Waals surface area contributed by atoms with Crippen LogP contribution in [-0.4, -0.2) is 6.61 Å². The maximum absolute atomic E-state index is 13.4. The first-order chi connectivity index (χ1) is 8.31. The van der Waals surface area contributed by atoms with Gasteiger partial charge in [0.05, 0.1) is 12.2 Å². The standard InChI is InChI=1S/C15H18FO/c1-2-13-14(16)9-6-10-15(13)17-11-12-7-4-3-5-8-12/h6,9-10,12H,1,3-5,7-8,11H2. The molecule has 1 aliphatic rings. The average molecular weight is 233 g/mol. The van der Waals surface area contributed by atoms with E-state index in [4.69, 9.17) is 4.74 Å². The van der Waals surface area contributed by atoms with Crippen LogP contribution in [0.5, 0.6) is 5.75 Å². The first-order valence-corrected chi connectivity index (χ1v) is 6.25. The van der Waals surface area contributed by atoms with Crippen LogP contribution >= 0.6 is 0 Å². The van der Waals surface area contributed by atoms with E-state index in [0.717, 1.165) is 0 Å². The van der Waals surface area contributed by atoms with Gasteiger partial charge in [0, 0.05) is 0 Å². The van der Waals surface area contributed by atoms with E-state index in [-0.39, 0.29) is 5.82 Å². The highest BCUT2D eigenvalue weighted by Gasteiger charge is 2.15. The van der Waals surface area contributed by atoms with Crippen LogP contribution in [0.3, 0.4) is 0 Å². The Morgan fingerprint density at radius 3 is 2.76 bits per heavy atom. The van der Waals surface area contributed by atoms with Crippen LogP contribution in [0.15, 0.2) is 24.8 Å². The van der Waals surface area contributed by atoms with Crippen molar-refractivity contribution >= 4 is 0 Å². The van der Waals surface area contributed by atoms with Gasteiger partial charge in [-0.25, -0.2) is 4.39 Å². The lowest BCUT2D eigenvalue weighted by atomic mass is 9.90. The summed E-state index contributed by atoms with van der Waals surface area (Å²) >= 11 is 0. The molecule has 0 bridgehead atoms. The minimum absolute atomic E-state index is 0.318. The molecule has 0 spiro atoms. The van der Waals surface area contributed by atoms with E-state index in [2.05, 4.69) is 12.7 Å². The summed E-state index contributed by atoms with van der Waals surface area (Å²) in [6, 6.07) is 4.84. The molecule has 0 unspecified atom stereocenters. The summed E-state index contributed by atoms with van der Waals surface area (Å²) in [7, 11) is 0. The van der Waals surface area contributed by atoms with Gasteiger partial charge in [-0.05, 0) is 37.0 Å². The lowest BCUT2D eigenvalue weighted by molar-refractivity contribution is 0.207.